The van der Waals surface area contributed by atoms with Gasteiger partial charge in [-0.25, -0.2) is 9.37 Å². The van der Waals surface area contributed by atoms with Crippen molar-refractivity contribution in [1.82, 2.24) is 19.8 Å². The van der Waals surface area contributed by atoms with Crippen molar-refractivity contribution in [2.75, 3.05) is 37.3 Å². The van der Waals surface area contributed by atoms with Gasteiger partial charge in [0.15, 0.2) is 11.6 Å². The number of nitrogens with one attached hydrogen (secondary N) is 2. The summed E-state index contributed by atoms with van der Waals surface area (Å²) in [5.41, 5.74) is 3.52. The molecule has 1 atom stereocenters. The van der Waals surface area contributed by atoms with Gasteiger partial charge >= 0.3 is 0 Å². The SMILES string of the molecule is C=CC(=O)N1CCCC(Nc2nc(Nc3ccc4c(c3)CN(C)CC4)ncc2F)C1. The third-order valence-corrected chi connectivity index (χ3v) is 5.66. The molecule has 158 valence electrons. The monoisotopic (exact) mass is 410 g/mol. The molecular weight excluding hydrogens is 383 g/mol. The molecule has 3 heterocycles. The van der Waals surface area contributed by atoms with Crippen LogP contribution < -0.4 is 10.6 Å². The van der Waals surface area contributed by atoms with Gasteiger partial charge in [-0.2, -0.15) is 4.98 Å². The summed E-state index contributed by atoms with van der Waals surface area (Å²) in [6.45, 7) is 6.69. The van der Waals surface area contributed by atoms with Gasteiger partial charge in [-0.05, 0) is 55.6 Å². The average Bonchev–Trinajstić information content (AvgIpc) is 2.75. The lowest BCUT2D eigenvalue weighted by Crippen LogP contribution is -2.44. The van der Waals surface area contributed by atoms with Crippen molar-refractivity contribution >= 4 is 23.4 Å². The second-order valence-corrected chi connectivity index (χ2v) is 7.96. The average molecular weight is 410 g/mol. The molecule has 4 rings (SSSR count). The maximum absolute atomic E-state index is 14.3. The number of benzene rings is 1. The number of likely N-dealkylation sites (N-methyl/N-ethyl adjacent to an activating group) is 1. The van der Waals surface area contributed by atoms with Crippen LogP contribution in [0.3, 0.4) is 0 Å². The molecule has 1 amide bonds. The lowest BCUT2D eigenvalue weighted by atomic mass is 9.99. The van der Waals surface area contributed by atoms with Crippen LogP contribution in [-0.4, -0.2) is 58.4 Å². The molecule has 1 aromatic heterocycles. The number of rotatable bonds is 5. The van der Waals surface area contributed by atoms with Crippen LogP contribution in [0.4, 0.5) is 21.8 Å². The Hall–Kier alpha value is -3.00. The summed E-state index contributed by atoms with van der Waals surface area (Å²) in [5.74, 6) is -0.147. The highest BCUT2D eigenvalue weighted by Crippen LogP contribution is 2.24. The van der Waals surface area contributed by atoms with E-state index < -0.39 is 5.82 Å². The Morgan fingerprint density at radius 1 is 1.33 bits per heavy atom. The minimum absolute atomic E-state index is 0.0702. The maximum atomic E-state index is 14.3. The van der Waals surface area contributed by atoms with E-state index in [4.69, 9.17) is 0 Å². The number of amides is 1. The van der Waals surface area contributed by atoms with E-state index in [1.807, 2.05) is 6.07 Å². The van der Waals surface area contributed by atoms with Crippen LogP contribution in [0.15, 0.2) is 37.1 Å². The summed E-state index contributed by atoms with van der Waals surface area (Å²) in [6, 6.07) is 6.16. The minimum atomic E-state index is -0.514. The molecule has 2 N–H and O–H groups in total. The Morgan fingerprint density at radius 3 is 3.03 bits per heavy atom. The Morgan fingerprint density at radius 2 is 2.20 bits per heavy atom. The van der Waals surface area contributed by atoms with E-state index in [-0.39, 0.29) is 17.8 Å². The molecule has 30 heavy (non-hydrogen) atoms. The number of fused-ring (bicyclic) bond motifs is 1. The summed E-state index contributed by atoms with van der Waals surface area (Å²) in [5, 5.41) is 6.32. The van der Waals surface area contributed by atoms with Gasteiger partial charge < -0.3 is 20.4 Å². The van der Waals surface area contributed by atoms with Crippen LogP contribution in [0.25, 0.3) is 0 Å². The highest BCUT2D eigenvalue weighted by molar-refractivity contribution is 5.87. The van der Waals surface area contributed by atoms with Crippen LogP contribution in [-0.2, 0) is 17.8 Å². The molecule has 7 nitrogen and oxygen atoms in total. The van der Waals surface area contributed by atoms with Crippen molar-refractivity contribution < 1.29 is 9.18 Å². The molecule has 0 bridgehead atoms. The number of carbonyl (C=O) groups excluding carboxylic acids is 1. The highest BCUT2D eigenvalue weighted by atomic mass is 19.1. The van der Waals surface area contributed by atoms with E-state index >= 15 is 0 Å². The number of aromatic nitrogens is 2. The highest BCUT2D eigenvalue weighted by Gasteiger charge is 2.23. The van der Waals surface area contributed by atoms with E-state index in [9.17, 15) is 9.18 Å². The second-order valence-electron chi connectivity index (χ2n) is 7.96. The number of likely N-dealkylation sites (tertiary alicyclic amines) is 1. The van der Waals surface area contributed by atoms with Gasteiger partial charge in [-0.15, -0.1) is 0 Å². The van der Waals surface area contributed by atoms with E-state index in [2.05, 4.69) is 51.3 Å². The quantitative estimate of drug-likeness (QED) is 0.739. The first-order valence-corrected chi connectivity index (χ1v) is 10.3. The molecule has 0 spiro atoms. The number of piperidine rings is 1. The van der Waals surface area contributed by atoms with Gasteiger partial charge in [0.2, 0.25) is 11.9 Å². The molecule has 0 aliphatic carbocycles. The Bertz CT molecular complexity index is 949. The number of nitrogens with zero attached hydrogens (tertiary/aromatic N) is 4. The molecule has 1 fully saturated rings. The van der Waals surface area contributed by atoms with E-state index in [0.29, 0.717) is 19.0 Å². The standard InChI is InChI=1S/C22H27FN6O/c1-3-20(30)29-9-4-5-18(14-29)25-21-19(23)12-24-22(27-21)26-17-7-6-15-8-10-28(2)13-16(15)11-17/h3,6-7,11-12,18H,1,4-5,8-10,13-14H2,2H3,(H2,24,25,26,27). The molecular formula is C22H27FN6O. The predicted molar refractivity (Wildman–Crippen MR) is 115 cm³/mol. The van der Waals surface area contributed by atoms with Gasteiger partial charge in [0.1, 0.15) is 0 Å². The number of carbonyl (C=O) groups is 1. The van der Waals surface area contributed by atoms with Crippen LogP contribution in [0.5, 0.6) is 0 Å². The van der Waals surface area contributed by atoms with Crippen LogP contribution in [0.2, 0.25) is 0 Å². The Balaban J connectivity index is 1.46. The zero-order valence-corrected chi connectivity index (χ0v) is 17.2. The number of halogens is 1. The first-order valence-electron chi connectivity index (χ1n) is 10.3. The van der Waals surface area contributed by atoms with Crippen molar-refractivity contribution in [2.45, 2.75) is 31.8 Å². The fraction of sp³-hybridized carbons (Fsp3) is 0.409. The van der Waals surface area contributed by atoms with Gasteiger partial charge in [0.25, 0.3) is 0 Å². The summed E-state index contributed by atoms with van der Waals surface area (Å²) in [6.07, 6.45) is 5.20. The molecule has 2 aliphatic heterocycles. The van der Waals surface area contributed by atoms with Crippen LogP contribution in [0.1, 0.15) is 24.0 Å². The summed E-state index contributed by atoms with van der Waals surface area (Å²) < 4.78 is 14.3. The summed E-state index contributed by atoms with van der Waals surface area (Å²) >= 11 is 0. The van der Waals surface area contributed by atoms with Gasteiger partial charge in [0.05, 0.1) is 6.20 Å². The Kier molecular flexibility index (Phi) is 5.94. The Labute approximate surface area is 176 Å². The smallest absolute Gasteiger partial charge is 0.246 e. The first kappa shape index (κ1) is 20.3. The third kappa shape index (κ3) is 4.59. The van der Waals surface area contributed by atoms with Crippen LogP contribution >= 0.6 is 0 Å². The molecule has 0 radical (unpaired) electrons. The van der Waals surface area contributed by atoms with Crippen molar-refractivity contribution in [3.8, 4) is 0 Å². The fourth-order valence-electron chi connectivity index (χ4n) is 4.05. The third-order valence-electron chi connectivity index (χ3n) is 5.66. The topological polar surface area (TPSA) is 73.4 Å². The van der Waals surface area contributed by atoms with E-state index in [1.165, 1.54) is 23.4 Å². The number of hydrogen-bond donors (Lipinski definition) is 2. The summed E-state index contributed by atoms with van der Waals surface area (Å²) in [4.78, 5) is 24.3. The van der Waals surface area contributed by atoms with Gasteiger partial charge in [-0.1, -0.05) is 12.6 Å². The van der Waals surface area contributed by atoms with Crippen molar-refractivity contribution in [2.24, 2.45) is 0 Å². The zero-order valence-electron chi connectivity index (χ0n) is 17.2. The van der Waals surface area contributed by atoms with E-state index in [0.717, 1.165) is 38.0 Å². The number of hydrogen-bond acceptors (Lipinski definition) is 6. The number of anilines is 3. The normalized spacial score (nSPS) is 19.1. The molecule has 1 aromatic carbocycles. The van der Waals surface area contributed by atoms with Crippen molar-refractivity contribution in [1.29, 1.82) is 0 Å². The molecule has 0 saturated carbocycles. The van der Waals surface area contributed by atoms with E-state index in [1.54, 1.807) is 4.90 Å². The maximum Gasteiger partial charge on any atom is 0.246 e. The summed E-state index contributed by atoms with van der Waals surface area (Å²) in [7, 11) is 2.11. The molecule has 2 aliphatic rings. The minimum Gasteiger partial charge on any atom is -0.363 e. The van der Waals surface area contributed by atoms with Crippen molar-refractivity contribution in [3.63, 3.8) is 0 Å². The molecule has 1 unspecified atom stereocenters. The largest absolute Gasteiger partial charge is 0.363 e. The van der Waals surface area contributed by atoms with Crippen molar-refractivity contribution in [3.05, 3.63) is 54.0 Å². The lowest BCUT2D eigenvalue weighted by molar-refractivity contribution is -0.127. The zero-order chi connectivity index (χ0) is 21.1. The predicted octanol–water partition coefficient (Wildman–Crippen LogP) is 2.94. The van der Waals surface area contributed by atoms with Crippen LogP contribution in [0, 0.1) is 5.82 Å². The van der Waals surface area contributed by atoms with Gasteiger partial charge in [-0.3, -0.25) is 4.79 Å². The lowest BCUT2D eigenvalue weighted by Gasteiger charge is -2.32. The molecule has 2 aromatic rings. The first-order chi connectivity index (χ1) is 14.5. The molecule has 1 saturated heterocycles. The van der Waals surface area contributed by atoms with Gasteiger partial charge in [0, 0.05) is 37.9 Å². The molecule has 8 heteroatoms. The fourth-order valence-corrected chi connectivity index (χ4v) is 4.05. The second kappa shape index (κ2) is 8.79.